The molecule has 1 fully saturated rings. The summed E-state index contributed by atoms with van der Waals surface area (Å²) >= 11 is 0. The number of carbonyl (C=O) groups excluding carboxylic acids is 2. The first kappa shape index (κ1) is 19.2. The summed E-state index contributed by atoms with van der Waals surface area (Å²) in [5, 5.41) is 2.79. The third kappa shape index (κ3) is 5.46. The van der Waals surface area contributed by atoms with Crippen molar-refractivity contribution in [3.05, 3.63) is 30.3 Å². The lowest BCUT2D eigenvalue weighted by molar-refractivity contribution is -0.131. The van der Waals surface area contributed by atoms with Crippen LogP contribution in [0.5, 0.6) is 0 Å². The molecule has 6 heteroatoms. The SMILES string of the molecule is CCCC(C)(N)C(=O)NCCC(=O)N1CCN(c2ccccc2)CC1. The molecule has 3 N–H and O–H groups in total. The van der Waals surface area contributed by atoms with Gasteiger partial charge in [-0.25, -0.2) is 0 Å². The second-order valence-electron chi connectivity index (χ2n) is 6.88. The van der Waals surface area contributed by atoms with Crippen molar-refractivity contribution in [3.63, 3.8) is 0 Å². The van der Waals surface area contributed by atoms with Gasteiger partial charge < -0.3 is 20.9 Å². The fourth-order valence-corrected chi connectivity index (χ4v) is 3.13. The zero-order valence-corrected chi connectivity index (χ0v) is 15.3. The number of hydrogen-bond donors (Lipinski definition) is 2. The zero-order chi connectivity index (χ0) is 18.3. The van der Waals surface area contributed by atoms with E-state index in [1.807, 2.05) is 30.0 Å². The molecule has 25 heavy (non-hydrogen) atoms. The van der Waals surface area contributed by atoms with Gasteiger partial charge in [-0.05, 0) is 25.5 Å². The topological polar surface area (TPSA) is 78.7 Å². The van der Waals surface area contributed by atoms with Crippen LogP contribution in [0.15, 0.2) is 30.3 Å². The number of nitrogens with two attached hydrogens (primary N) is 1. The van der Waals surface area contributed by atoms with E-state index in [4.69, 9.17) is 5.73 Å². The molecular weight excluding hydrogens is 316 g/mol. The lowest BCUT2D eigenvalue weighted by Crippen LogP contribution is -2.52. The van der Waals surface area contributed by atoms with Gasteiger partial charge in [0.2, 0.25) is 11.8 Å². The summed E-state index contributed by atoms with van der Waals surface area (Å²) in [6.45, 7) is 7.16. The fraction of sp³-hybridized carbons (Fsp3) is 0.579. The second kappa shape index (κ2) is 8.85. The maximum Gasteiger partial charge on any atom is 0.239 e. The smallest absolute Gasteiger partial charge is 0.239 e. The third-order valence-electron chi connectivity index (χ3n) is 4.67. The van der Waals surface area contributed by atoms with Crippen LogP contribution in [0.1, 0.15) is 33.1 Å². The van der Waals surface area contributed by atoms with Crippen molar-refractivity contribution in [2.24, 2.45) is 5.73 Å². The number of nitrogens with one attached hydrogen (secondary N) is 1. The number of para-hydroxylation sites is 1. The molecular formula is C19H30N4O2. The van der Waals surface area contributed by atoms with E-state index in [9.17, 15) is 9.59 Å². The first-order valence-electron chi connectivity index (χ1n) is 9.09. The van der Waals surface area contributed by atoms with Crippen molar-refractivity contribution < 1.29 is 9.59 Å². The van der Waals surface area contributed by atoms with E-state index in [-0.39, 0.29) is 11.8 Å². The van der Waals surface area contributed by atoms with Gasteiger partial charge in [-0.2, -0.15) is 0 Å². The number of rotatable bonds is 7. The highest BCUT2D eigenvalue weighted by Crippen LogP contribution is 2.15. The second-order valence-corrected chi connectivity index (χ2v) is 6.88. The Morgan fingerprint density at radius 2 is 1.80 bits per heavy atom. The van der Waals surface area contributed by atoms with Crippen molar-refractivity contribution in [1.29, 1.82) is 0 Å². The van der Waals surface area contributed by atoms with Crippen LogP contribution < -0.4 is 16.0 Å². The van der Waals surface area contributed by atoms with Crippen LogP contribution in [0.2, 0.25) is 0 Å². The molecule has 2 rings (SSSR count). The molecule has 138 valence electrons. The maximum absolute atomic E-state index is 12.3. The Bertz CT molecular complexity index is 566. The number of carbonyl (C=O) groups is 2. The largest absolute Gasteiger partial charge is 0.368 e. The summed E-state index contributed by atoms with van der Waals surface area (Å²) in [4.78, 5) is 28.5. The molecule has 0 spiro atoms. The molecule has 0 aromatic heterocycles. The van der Waals surface area contributed by atoms with Crippen LogP contribution in [0, 0.1) is 0 Å². The van der Waals surface area contributed by atoms with Crippen molar-refractivity contribution in [1.82, 2.24) is 10.2 Å². The van der Waals surface area contributed by atoms with Gasteiger partial charge in [0.15, 0.2) is 0 Å². The van der Waals surface area contributed by atoms with E-state index in [1.165, 1.54) is 5.69 Å². The highest BCUT2D eigenvalue weighted by molar-refractivity contribution is 5.86. The summed E-state index contributed by atoms with van der Waals surface area (Å²) < 4.78 is 0. The maximum atomic E-state index is 12.3. The predicted octanol–water partition coefficient (Wildman–Crippen LogP) is 1.36. The Labute approximate surface area is 150 Å². The summed E-state index contributed by atoms with van der Waals surface area (Å²) in [5.41, 5.74) is 6.32. The van der Waals surface area contributed by atoms with Gasteiger partial charge >= 0.3 is 0 Å². The fourth-order valence-electron chi connectivity index (χ4n) is 3.13. The summed E-state index contributed by atoms with van der Waals surface area (Å²) in [5.74, 6) is -0.0988. The predicted molar refractivity (Wildman–Crippen MR) is 100 cm³/mol. The minimum atomic E-state index is -0.862. The van der Waals surface area contributed by atoms with Gasteiger partial charge in [0.05, 0.1) is 5.54 Å². The molecule has 1 heterocycles. The Morgan fingerprint density at radius 3 is 2.40 bits per heavy atom. The molecule has 1 aliphatic heterocycles. The van der Waals surface area contributed by atoms with Crippen molar-refractivity contribution >= 4 is 17.5 Å². The molecule has 1 atom stereocenters. The van der Waals surface area contributed by atoms with Crippen LogP contribution in [-0.2, 0) is 9.59 Å². The monoisotopic (exact) mass is 346 g/mol. The molecule has 1 aromatic rings. The summed E-state index contributed by atoms with van der Waals surface area (Å²) in [6, 6.07) is 10.2. The minimum Gasteiger partial charge on any atom is -0.368 e. The van der Waals surface area contributed by atoms with Crippen LogP contribution in [0.3, 0.4) is 0 Å². The van der Waals surface area contributed by atoms with Crippen LogP contribution in [0.4, 0.5) is 5.69 Å². The quantitative estimate of drug-likeness (QED) is 0.781. The van der Waals surface area contributed by atoms with E-state index in [1.54, 1.807) is 6.92 Å². The lowest BCUT2D eigenvalue weighted by atomic mass is 9.96. The number of nitrogens with zero attached hydrogens (tertiary/aromatic N) is 2. The third-order valence-corrected chi connectivity index (χ3v) is 4.67. The van der Waals surface area contributed by atoms with Crippen molar-refractivity contribution in [3.8, 4) is 0 Å². The summed E-state index contributed by atoms with van der Waals surface area (Å²) in [6.07, 6.45) is 1.80. The number of amides is 2. The highest BCUT2D eigenvalue weighted by Gasteiger charge is 2.27. The van der Waals surface area contributed by atoms with E-state index < -0.39 is 5.54 Å². The van der Waals surface area contributed by atoms with Crippen LogP contribution in [-0.4, -0.2) is 55.0 Å². The number of hydrogen-bond acceptors (Lipinski definition) is 4. The van der Waals surface area contributed by atoms with Crippen LogP contribution >= 0.6 is 0 Å². The Kier molecular flexibility index (Phi) is 6.82. The van der Waals surface area contributed by atoms with Crippen molar-refractivity contribution in [2.75, 3.05) is 37.6 Å². The van der Waals surface area contributed by atoms with E-state index >= 15 is 0 Å². The van der Waals surface area contributed by atoms with Gasteiger partial charge in [-0.15, -0.1) is 0 Å². The zero-order valence-electron chi connectivity index (χ0n) is 15.3. The van der Waals surface area contributed by atoms with Gasteiger partial charge in [0.1, 0.15) is 0 Å². The van der Waals surface area contributed by atoms with E-state index in [2.05, 4.69) is 22.3 Å². The van der Waals surface area contributed by atoms with Gasteiger partial charge in [-0.1, -0.05) is 31.5 Å². The normalized spacial score (nSPS) is 17.1. The van der Waals surface area contributed by atoms with Gasteiger partial charge in [0.25, 0.3) is 0 Å². The summed E-state index contributed by atoms with van der Waals surface area (Å²) in [7, 11) is 0. The number of anilines is 1. The molecule has 2 amide bonds. The molecule has 0 saturated carbocycles. The molecule has 0 bridgehead atoms. The molecule has 0 aliphatic carbocycles. The van der Waals surface area contributed by atoms with Gasteiger partial charge in [-0.3, -0.25) is 9.59 Å². The first-order chi connectivity index (χ1) is 11.9. The molecule has 1 unspecified atom stereocenters. The lowest BCUT2D eigenvalue weighted by Gasteiger charge is -2.36. The van der Waals surface area contributed by atoms with E-state index in [0.717, 1.165) is 19.5 Å². The van der Waals surface area contributed by atoms with Crippen molar-refractivity contribution in [2.45, 2.75) is 38.6 Å². The van der Waals surface area contributed by atoms with E-state index in [0.29, 0.717) is 32.5 Å². The van der Waals surface area contributed by atoms with Gasteiger partial charge in [0, 0.05) is 44.8 Å². The standard InChI is InChI=1S/C19H30N4O2/c1-3-10-19(2,20)18(25)21-11-9-17(24)23-14-12-22(13-15-23)16-7-5-4-6-8-16/h4-8H,3,9-15,20H2,1-2H3,(H,21,25). The number of piperazine rings is 1. The average Bonchev–Trinajstić information content (AvgIpc) is 2.62. The molecule has 1 saturated heterocycles. The molecule has 1 aromatic carbocycles. The number of benzene rings is 1. The van der Waals surface area contributed by atoms with Crippen LogP contribution in [0.25, 0.3) is 0 Å². The molecule has 6 nitrogen and oxygen atoms in total. The Balaban J connectivity index is 1.71. The first-order valence-corrected chi connectivity index (χ1v) is 9.09. The Hall–Kier alpha value is -2.08. The minimum absolute atomic E-state index is 0.0854. The average molecular weight is 346 g/mol. The Morgan fingerprint density at radius 1 is 1.16 bits per heavy atom. The highest BCUT2D eigenvalue weighted by atomic mass is 16.2. The molecule has 1 aliphatic rings. The molecule has 0 radical (unpaired) electrons.